The summed E-state index contributed by atoms with van der Waals surface area (Å²) in [5.74, 6) is 1.33. The highest BCUT2D eigenvalue weighted by Gasteiger charge is 2.06. The number of hydrogen-bond donors (Lipinski definition) is 0. The standard InChI is InChI=1S/C9H17N2.C5H12O6S/c1-4-5-6-11-8-7-10(3)9(11)2;1-9-2-3-10-4-5-11-12(6,7)8/h7-8H,4-6H2,1-3H3;2-5H2,1H3,(H,6,7,8)/q+1;/p-1. The van der Waals surface area contributed by atoms with Gasteiger partial charge in [0.2, 0.25) is 10.4 Å². The van der Waals surface area contributed by atoms with Gasteiger partial charge < -0.3 is 14.0 Å². The largest absolute Gasteiger partial charge is 0.726 e. The molecule has 0 amide bonds. The first-order valence-electron chi connectivity index (χ1n) is 7.50. The first-order chi connectivity index (χ1) is 10.8. The van der Waals surface area contributed by atoms with Gasteiger partial charge in [-0.2, -0.15) is 0 Å². The zero-order valence-corrected chi connectivity index (χ0v) is 15.2. The Bertz CT molecular complexity index is 515. The molecular weight excluding hydrogens is 324 g/mol. The van der Waals surface area contributed by atoms with Crippen LogP contribution in [0.25, 0.3) is 0 Å². The highest BCUT2D eigenvalue weighted by Crippen LogP contribution is 1.97. The summed E-state index contributed by atoms with van der Waals surface area (Å²) in [6, 6.07) is 0. The molecule has 0 saturated heterocycles. The van der Waals surface area contributed by atoms with Crippen LogP contribution in [0.1, 0.15) is 25.6 Å². The minimum atomic E-state index is -4.58. The van der Waals surface area contributed by atoms with Crippen molar-refractivity contribution in [3.8, 4) is 0 Å². The third kappa shape index (κ3) is 12.1. The fraction of sp³-hybridized carbons (Fsp3) is 0.786. The van der Waals surface area contributed by atoms with E-state index in [1.807, 2.05) is 0 Å². The molecule has 136 valence electrons. The molecule has 0 fully saturated rings. The average Bonchev–Trinajstić information content (AvgIpc) is 2.80. The topological polar surface area (TPSA) is 93.7 Å². The maximum atomic E-state index is 9.86. The summed E-state index contributed by atoms with van der Waals surface area (Å²) in [7, 11) is -0.981. The molecule has 0 bridgehead atoms. The first-order valence-corrected chi connectivity index (χ1v) is 8.83. The van der Waals surface area contributed by atoms with E-state index in [1.165, 1.54) is 25.8 Å². The molecular formula is C14H28N2O6S. The molecule has 0 N–H and O–H groups in total. The Morgan fingerprint density at radius 1 is 1.26 bits per heavy atom. The van der Waals surface area contributed by atoms with E-state index in [1.54, 1.807) is 0 Å². The quantitative estimate of drug-likeness (QED) is 0.264. The molecule has 0 aliphatic carbocycles. The zero-order valence-electron chi connectivity index (χ0n) is 14.4. The summed E-state index contributed by atoms with van der Waals surface area (Å²) in [5.41, 5.74) is 0. The van der Waals surface area contributed by atoms with Crippen LogP contribution in [-0.4, -0.2) is 51.1 Å². The van der Waals surface area contributed by atoms with Crippen LogP contribution in [0.4, 0.5) is 0 Å². The maximum Gasteiger partial charge on any atom is 0.253 e. The minimum absolute atomic E-state index is 0.0603. The molecule has 0 aromatic carbocycles. The van der Waals surface area contributed by atoms with Crippen LogP contribution in [0.2, 0.25) is 0 Å². The van der Waals surface area contributed by atoms with Crippen molar-refractivity contribution in [2.45, 2.75) is 33.2 Å². The van der Waals surface area contributed by atoms with E-state index >= 15 is 0 Å². The number of aryl methyl sites for hydroxylation is 2. The molecule has 1 heterocycles. The second-order valence-electron chi connectivity index (χ2n) is 4.84. The minimum Gasteiger partial charge on any atom is -0.726 e. The van der Waals surface area contributed by atoms with E-state index in [-0.39, 0.29) is 13.2 Å². The van der Waals surface area contributed by atoms with Crippen molar-refractivity contribution >= 4 is 10.4 Å². The second kappa shape index (κ2) is 12.4. The molecule has 1 rings (SSSR count). The Balaban J connectivity index is 0.000000422. The van der Waals surface area contributed by atoms with Gasteiger partial charge in [0.1, 0.15) is 12.4 Å². The normalized spacial score (nSPS) is 11.2. The molecule has 1 aromatic rings. The van der Waals surface area contributed by atoms with E-state index in [0.29, 0.717) is 13.2 Å². The van der Waals surface area contributed by atoms with Gasteiger partial charge in [-0.15, -0.1) is 0 Å². The number of nitrogens with zero attached hydrogens (tertiary/aromatic N) is 2. The molecule has 0 aliphatic heterocycles. The molecule has 0 atom stereocenters. The number of ether oxygens (including phenoxy) is 2. The van der Waals surface area contributed by atoms with Gasteiger partial charge in [0, 0.05) is 14.0 Å². The van der Waals surface area contributed by atoms with Crippen molar-refractivity contribution in [2.24, 2.45) is 7.05 Å². The highest BCUT2D eigenvalue weighted by atomic mass is 32.3. The Kier molecular flexibility index (Phi) is 11.9. The number of hydrogen-bond acceptors (Lipinski definition) is 6. The fourth-order valence-corrected chi connectivity index (χ4v) is 1.88. The van der Waals surface area contributed by atoms with Crippen LogP contribution in [0.3, 0.4) is 0 Å². The van der Waals surface area contributed by atoms with Crippen molar-refractivity contribution in [1.82, 2.24) is 4.57 Å². The van der Waals surface area contributed by atoms with Crippen molar-refractivity contribution in [1.29, 1.82) is 0 Å². The Hall–Kier alpha value is -1.00. The second-order valence-corrected chi connectivity index (χ2v) is 5.89. The van der Waals surface area contributed by atoms with Crippen LogP contribution in [0.15, 0.2) is 12.4 Å². The SMILES string of the molecule is CCCCn1cc[n+](C)c1C.COCCOCCOS(=O)(=O)[O-]. The smallest absolute Gasteiger partial charge is 0.253 e. The Labute approximate surface area is 138 Å². The maximum absolute atomic E-state index is 9.86. The van der Waals surface area contributed by atoms with E-state index in [0.717, 1.165) is 6.54 Å². The molecule has 0 aliphatic rings. The zero-order chi connectivity index (χ0) is 17.7. The number of imidazole rings is 1. The van der Waals surface area contributed by atoms with Gasteiger partial charge in [-0.25, -0.2) is 17.6 Å². The third-order valence-electron chi connectivity index (χ3n) is 3.04. The molecule has 23 heavy (non-hydrogen) atoms. The van der Waals surface area contributed by atoms with Gasteiger partial charge in [-0.05, 0) is 6.42 Å². The number of methoxy groups -OCH3 is 1. The van der Waals surface area contributed by atoms with Crippen molar-refractivity contribution in [3.05, 3.63) is 18.2 Å². The van der Waals surface area contributed by atoms with Crippen LogP contribution in [0.5, 0.6) is 0 Å². The molecule has 0 spiro atoms. The lowest BCUT2D eigenvalue weighted by Crippen LogP contribution is -2.29. The van der Waals surface area contributed by atoms with E-state index in [2.05, 4.69) is 51.3 Å². The van der Waals surface area contributed by atoms with Crippen LogP contribution >= 0.6 is 0 Å². The van der Waals surface area contributed by atoms with Gasteiger partial charge in [0.15, 0.2) is 0 Å². The van der Waals surface area contributed by atoms with Gasteiger partial charge in [0.05, 0.1) is 40.0 Å². The third-order valence-corrected chi connectivity index (χ3v) is 3.49. The lowest BCUT2D eigenvalue weighted by Gasteiger charge is -2.07. The first kappa shape index (κ1) is 22.0. The number of rotatable bonds is 10. The van der Waals surface area contributed by atoms with Gasteiger partial charge >= 0.3 is 0 Å². The van der Waals surface area contributed by atoms with Crippen LogP contribution < -0.4 is 4.57 Å². The molecule has 0 saturated carbocycles. The van der Waals surface area contributed by atoms with Crippen molar-refractivity contribution in [2.75, 3.05) is 33.5 Å². The Morgan fingerprint density at radius 2 is 1.91 bits per heavy atom. The molecule has 1 aromatic heterocycles. The summed E-state index contributed by atoms with van der Waals surface area (Å²) in [6.07, 6.45) is 6.78. The number of aromatic nitrogens is 2. The summed E-state index contributed by atoms with van der Waals surface area (Å²) >= 11 is 0. The van der Waals surface area contributed by atoms with Gasteiger partial charge in [-0.3, -0.25) is 4.18 Å². The summed E-state index contributed by atoms with van der Waals surface area (Å²) in [6.45, 7) is 6.10. The fourth-order valence-electron chi connectivity index (χ4n) is 1.60. The summed E-state index contributed by atoms with van der Waals surface area (Å²) in [4.78, 5) is 0. The van der Waals surface area contributed by atoms with Crippen LogP contribution in [0, 0.1) is 6.92 Å². The van der Waals surface area contributed by atoms with Gasteiger partial charge in [-0.1, -0.05) is 13.3 Å². The highest BCUT2D eigenvalue weighted by molar-refractivity contribution is 7.80. The lowest BCUT2D eigenvalue weighted by atomic mass is 10.3. The molecule has 0 radical (unpaired) electrons. The average molecular weight is 352 g/mol. The predicted octanol–water partition coefficient (Wildman–Crippen LogP) is 0.547. The number of unbranched alkanes of at least 4 members (excludes halogenated alkanes) is 1. The molecule has 0 unspecified atom stereocenters. The Morgan fingerprint density at radius 3 is 2.39 bits per heavy atom. The molecule has 9 heteroatoms. The van der Waals surface area contributed by atoms with Crippen LogP contribution in [-0.2, 0) is 37.6 Å². The summed E-state index contributed by atoms with van der Waals surface area (Å²) in [5, 5.41) is 0. The predicted molar refractivity (Wildman–Crippen MR) is 83.6 cm³/mol. The van der Waals surface area contributed by atoms with Crippen molar-refractivity contribution in [3.63, 3.8) is 0 Å². The van der Waals surface area contributed by atoms with Crippen molar-refractivity contribution < 1.29 is 31.2 Å². The molecule has 8 nitrogen and oxygen atoms in total. The lowest BCUT2D eigenvalue weighted by molar-refractivity contribution is -0.677. The monoisotopic (exact) mass is 352 g/mol. The van der Waals surface area contributed by atoms with Gasteiger partial charge in [0.25, 0.3) is 5.82 Å². The van der Waals surface area contributed by atoms with E-state index in [9.17, 15) is 13.0 Å². The summed E-state index contributed by atoms with van der Waals surface area (Å²) < 4.78 is 47.3. The van der Waals surface area contributed by atoms with E-state index < -0.39 is 10.4 Å². The van der Waals surface area contributed by atoms with E-state index in [4.69, 9.17) is 4.74 Å².